The van der Waals surface area contributed by atoms with E-state index in [1.165, 1.54) is 49.9 Å². The van der Waals surface area contributed by atoms with Gasteiger partial charge < -0.3 is 0 Å². The van der Waals surface area contributed by atoms with Crippen molar-refractivity contribution in [2.75, 3.05) is 0 Å². The molecule has 0 aliphatic heterocycles. The van der Waals surface area contributed by atoms with Gasteiger partial charge in [-0.25, -0.2) is 4.98 Å². The first kappa shape index (κ1) is 22.1. The van der Waals surface area contributed by atoms with Crippen LogP contribution in [0.4, 0.5) is 0 Å². The van der Waals surface area contributed by atoms with Gasteiger partial charge in [-0.05, 0) is 84.3 Å². The van der Waals surface area contributed by atoms with Crippen molar-refractivity contribution in [2.45, 2.75) is 34.1 Å². The molecule has 0 N–H and O–H groups in total. The van der Waals surface area contributed by atoms with Crippen LogP contribution in [-0.2, 0) is 6.42 Å². The Morgan fingerprint density at radius 3 is 1.82 bits per heavy atom. The summed E-state index contributed by atoms with van der Waals surface area (Å²) in [5, 5.41) is 1.26. The van der Waals surface area contributed by atoms with E-state index in [0.29, 0.717) is 5.92 Å². The lowest BCUT2D eigenvalue weighted by Gasteiger charge is -2.14. The van der Waals surface area contributed by atoms with Gasteiger partial charge in [0, 0.05) is 10.9 Å². The maximum atomic E-state index is 5.08. The lowest BCUT2D eigenvalue weighted by Crippen LogP contribution is -1.99. The molecule has 4 aromatic carbocycles. The number of hydrogen-bond donors (Lipinski definition) is 0. The third kappa shape index (κ3) is 4.65. The molecule has 1 nitrogen and oxygen atoms in total. The monoisotopic (exact) mass is 441 g/mol. The van der Waals surface area contributed by atoms with Crippen molar-refractivity contribution < 1.29 is 0 Å². The zero-order valence-corrected chi connectivity index (χ0v) is 20.5. The average molecular weight is 442 g/mol. The van der Waals surface area contributed by atoms with E-state index in [2.05, 4.69) is 125 Å². The summed E-state index contributed by atoms with van der Waals surface area (Å²) in [5.74, 6) is 0.575. The molecule has 0 atom stereocenters. The summed E-state index contributed by atoms with van der Waals surface area (Å²) in [7, 11) is 0. The number of hydrogen-bond acceptors (Lipinski definition) is 1. The van der Waals surface area contributed by atoms with E-state index < -0.39 is 0 Å². The molecule has 1 heteroatoms. The van der Waals surface area contributed by atoms with Crippen molar-refractivity contribution >= 4 is 10.9 Å². The molecule has 0 spiro atoms. The summed E-state index contributed by atoms with van der Waals surface area (Å²) < 4.78 is 0. The molecule has 168 valence electrons. The molecule has 5 aromatic rings. The highest BCUT2D eigenvalue weighted by molar-refractivity contribution is 5.89. The summed E-state index contributed by atoms with van der Waals surface area (Å²) in [6.45, 7) is 8.88. The topological polar surface area (TPSA) is 12.9 Å². The standard InChI is InChI=1S/C33H31N/c1-22(2)16-29-21-33(30-18-23(3)17-24(4)19-30)34-32-15-14-28(20-31(29)32)27-12-10-26(11-13-27)25-8-6-5-7-9-25/h5-15,17-22H,16H2,1-4H3. The maximum Gasteiger partial charge on any atom is 0.0712 e. The average Bonchev–Trinajstić information content (AvgIpc) is 2.83. The van der Waals surface area contributed by atoms with E-state index in [1.807, 2.05) is 0 Å². The van der Waals surface area contributed by atoms with Crippen LogP contribution >= 0.6 is 0 Å². The lowest BCUT2D eigenvalue weighted by atomic mass is 9.93. The van der Waals surface area contributed by atoms with Crippen molar-refractivity contribution in [3.05, 3.63) is 114 Å². The fraction of sp³-hybridized carbons (Fsp3) is 0.182. The Balaban J connectivity index is 1.58. The Morgan fingerprint density at radius 2 is 1.18 bits per heavy atom. The van der Waals surface area contributed by atoms with Crippen LogP contribution < -0.4 is 0 Å². The van der Waals surface area contributed by atoms with Crippen molar-refractivity contribution in [3.63, 3.8) is 0 Å². The molecule has 0 bridgehead atoms. The molecular weight excluding hydrogens is 410 g/mol. The minimum absolute atomic E-state index is 0.575. The first-order valence-corrected chi connectivity index (χ1v) is 12.1. The number of pyridine rings is 1. The van der Waals surface area contributed by atoms with Crippen LogP contribution in [0.25, 0.3) is 44.4 Å². The highest BCUT2D eigenvalue weighted by atomic mass is 14.7. The molecule has 0 aliphatic carbocycles. The third-order valence-electron chi connectivity index (χ3n) is 6.37. The number of aromatic nitrogens is 1. The van der Waals surface area contributed by atoms with Gasteiger partial charge in [0.25, 0.3) is 0 Å². The molecule has 0 amide bonds. The number of benzene rings is 4. The second-order valence-electron chi connectivity index (χ2n) is 9.82. The molecule has 1 aromatic heterocycles. The fourth-order valence-electron chi connectivity index (χ4n) is 4.84. The fourth-order valence-corrected chi connectivity index (χ4v) is 4.84. The molecule has 0 radical (unpaired) electrons. The summed E-state index contributed by atoms with van der Waals surface area (Å²) in [4.78, 5) is 5.08. The van der Waals surface area contributed by atoms with Crippen LogP contribution in [0, 0.1) is 19.8 Å². The van der Waals surface area contributed by atoms with Gasteiger partial charge >= 0.3 is 0 Å². The van der Waals surface area contributed by atoms with E-state index in [-0.39, 0.29) is 0 Å². The Kier molecular flexibility index (Phi) is 6.02. The van der Waals surface area contributed by atoms with Crippen LogP contribution in [0.1, 0.15) is 30.5 Å². The number of rotatable bonds is 5. The van der Waals surface area contributed by atoms with Gasteiger partial charge in [-0.3, -0.25) is 0 Å². The molecular formula is C33H31N. The van der Waals surface area contributed by atoms with E-state index in [0.717, 1.165) is 17.6 Å². The summed E-state index contributed by atoms with van der Waals surface area (Å²) in [6, 6.07) is 35.1. The van der Waals surface area contributed by atoms with Crippen molar-refractivity contribution in [3.8, 4) is 33.5 Å². The van der Waals surface area contributed by atoms with Gasteiger partial charge in [0.05, 0.1) is 11.2 Å². The quantitative estimate of drug-likeness (QED) is 0.265. The normalized spacial score (nSPS) is 11.3. The molecule has 0 fully saturated rings. The van der Waals surface area contributed by atoms with Crippen LogP contribution in [-0.4, -0.2) is 4.98 Å². The van der Waals surface area contributed by atoms with Gasteiger partial charge in [-0.15, -0.1) is 0 Å². The van der Waals surface area contributed by atoms with E-state index >= 15 is 0 Å². The third-order valence-corrected chi connectivity index (χ3v) is 6.37. The minimum atomic E-state index is 0.575. The maximum absolute atomic E-state index is 5.08. The highest BCUT2D eigenvalue weighted by Gasteiger charge is 2.12. The van der Waals surface area contributed by atoms with Gasteiger partial charge in [0.1, 0.15) is 0 Å². The van der Waals surface area contributed by atoms with Gasteiger partial charge in [0.15, 0.2) is 0 Å². The van der Waals surface area contributed by atoms with Crippen LogP contribution in [0.15, 0.2) is 97.1 Å². The predicted molar refractivity (Wildman–Crippen MR) is 146 cm³/mol. The highest BCUT2D eigenvalue weighted by Crippen LogP contribution is 2.32. The van der Waals surface area contributed by atoms with Crippen LogP contribution in [0.2, 0.25) is 0 Å². The zero-order chi connectivity index (χ0) is 23.7. The molecule has 34 heavy (non-hydrogen) atoms. The largest absolute Gasteiger partial charge is 0.248 e. The van der Waals surface area contributed by atoms with E-state index in [4.69, 9.17) is 4.98 Å². The first-order chi connectivity index (χ1) is 16.5. The van der Waals surface area contributed by atoms with Gasteiger partial charge in [-0.2, -0.15) is 0 Å². The molecule has 0 saturated heterocycles. The van der Waals surface area contributed by atoms with Gasteiger partial charge in [-0.1, -0.05) is 91.7 Å². The summed E-state index contributed by atoms with van der Waals surface area (Å²) in [5.41, 5.74) is 12.2. The first-order valence-electron chi connectivity index (χ1n) is 12.1. The number of nitrogens with zero attached hydrogens (tertiary/aromatic N) is 1. The Morgan fingerprint density at radius 1 is 0.588 bits per heavy atom. The van der Waals surface area contributed by atoms with Gasteiger partial charge in [0.2, 0.25) is 0 Å². The van der Waals surface area contributed by atoms with E-state index in [9.17, 15) is 0 Å². The van der Waals surface area contributed by atoms with E-state index in [1.54, 1.807) is 0 Å². The molecule has 1 heterocycles. The molecule has 0 saturated carbocycles. The Labute approximate surface area is 203 Å². The Bertz CT molecular complexity index is 1420. The second kappa shape index (κ2) is 9.27. The number of fused-ring (bicyclic) bond motifs is 1. The van der Waals surface area contributed by atoms with Crippen molar-refractivity contribution in [1.29, 1.82) is 0 Å². The lowest BCUT2D eigenvalue weighted by molar-refractivity contribution is 0.650. The van der Waals surface area contributed by atoms with Crippen LogP contribution in [0.3, 0.4) is 0 Å². The predicted octanol–water partition coefficient (Wildman–Crippen LogP) is 9.05. The van der Waals surface area contributed by atoms with Crippen LogP contribution in [0.5, 0.6) is 0 Å². The van der Waals surface area contributed by atoms with Crippen molar-refractivity contribution in [2.24, 2.45) is 5.92 Å². The summed E-state index contributed by atoms with van der Waals surface area (Å²) in [6.07, 6.45) is 1.03. The van der Waals surface area contributed by atoms with Crippen molar-refractivity contribution in [1.82, 2.24) is 4.98 Å². The summed E-state index contributed by atoms with van der Waals surface area (Å²) >= 11 is 0. The second-order valence-corrected chi connectivity index (χ2v) is 9.82. The zero-order valence-electron chi connectivity index (χ0n) is 20.5. The SMILES string of the molecule is Cc1cc(C)cc(-c2cc(CC(C)C)c3cc(-c4ccc(-c5ccccc5)cc4)ccc3n2)c1. The molecule has 0 unspecified atom stereocenters. The molecule has 5 rings (SSSR count). The molecule has 0 aliphatic rings. The smallest absolute Gasteiger partial charge is 0.0712 e. The number of aryl methyl sites for hydroxylation is 2. The Hall–Kier alpha value is -3.71. The minimum Gasteiger partial charge on any atom is -0.248 e.